The highest BCUT2D eigenvalue weighted by molar-refractivity contribution is 6.32. The number of carbonyl (C=O) groups is 7. The van der Waals surface area contributed by atoms with E-state index >= 15 is 0 Å². The van der Waals surface area contributed by atoms with Gasteiger partial charge in [-0.05, 0) is 57.1 Å². The number of hydrogen-bond acceptors (Lipinski definition) is 11. The second-order valence-corrected chi connectivity index (χ2v) is 12.5. The van der Waals surface area contributed by atoms with Gasteiger partial charge in [0.25, 0.3) is 0 Å². The van der Waals surface area contributed by atoms with E-state index in [9.17, 15) is 43.8 Å². The molecule has 12 heteroatoms. The first kappa shape index (κ1) is 31.9. The van der Waals surface area contributed by atoms with E-state index in [2.05, 4.69) is 0 Å². The van der Waals surface area contributed by atoms with Gasteiger partial charge in [0.15, 0.2) is 40.4 Å². The predicted octanol–water partition coefficient (Wildman–Crippen LogP) is 0.703. The molecule has 2 fully saturated rings. The van der Waals surface area contributed by atoms with E-state index in [1.165, 1.54) is 38.1 Å². The number of hydrogen-bond donors (Lipinski definition) is 3. The third kappa shape index (κ3) is 4.70. The van der Waals surface area contributed by atoms with Crippen molar-refractivity contribution in [2.45, 2.75) is 50.9 Å². The van der Waals surface area contributed by atoms with E-state index in [-0.39, 0.29) is 16.9 Å². The van der Waals surface area contributed by atoms with Crippen LogP contribution >= 0.6 is 0 Å². The Hall–Kier alpha value is -4.55. The lowest BCUT2D eigenvalue weighted by atomic mass is 9.49. The summed E-state index contributed by atoms with van der Waals surface area (Å²) < 4.78 is 6.03. The number of amides is 1. The number of nitrogens with zero attached hydrogens (tertiary/aromatic N) is 1. The lowest BCUT2D eigenvalue weighted by Crippen LogP contribution is -2.78. The van der Waals surface area contributed by atoms with Gasteiger partial charge < -0.3 is 20.7 Å². The zero-order chi connectivity index (χ0) is 33.3. The maximum atomic E-state index is 14.3. The van der Waals surface area contributed by atoms with Crippen LogP contribution in [0.2, 0.25) is 0 Å². The number of carbonyl (C=O) groups excluding carboxylic acids is 7. The van der Waals surface area contributed by atoms with Crippen molar-refractivity contribution in [2.75, 3.05) is 14.1 Å². The summed E-state index contributed by atoms with van der Waals surface area (Å²) in [5.74, 6) is -15.3. The van der Waals surface area contributed by atoms with Crippen LogP contribution in [0.4, 0.5) is 0 Å². The molecule has 0 spiro atoms. The van der Waals surface area contributed by atoms with Gasteiger partial charge in [-0.3, -0.25) is 38.5 Å². The van der Waals surface area contributed by atoms with Crippen molar-refractivity contribution < 1.29 is 48.5 Å². The minimum Gasteiger partial charge on any atom is -0.507 e. The first-order chi connectivity index (χ1) is 21.0. The number of ether oxygens (including phenoxy) is 1. The summed E-state index contributed by atoms with van der Waals surface area (Å²) in [5, 5.41) is 22.7. The lowest BCUT2D eigenvalue weighted by molar-refractivity contribution is -0.205. The Morgan fingerprint density at radius 1 is 1.04 bits per heavy atom. The third-order valence-electron chi connectivity index (χ3n) is 9.57. The summed E-state index contributed by atoms with van der Waals surface area (Å²) in [7, 11) is 2.86. The van der Waals surface area contributed by atoms with Crippen LogP contribution in [0.5, 0.6) is 5.75 Å². The largest absolute Gasteiger partial charge is 0.507 e. The van der Waals surface area contributed by atoms with E-state index in [1.807, 2.05) is 0 Å². The Bertz CT molecular complexity index is 1700. The predicted molar refractivity (Wildman–Crippen MR) is 156 cm³/mol. The summed E-state index contributed by atoms with van der Waals surface area (Å²) >= 11 is 0. The number of nitrogens with two attached hydrogens (primary N) is 1. The van der Waals surface area contributed by atoms with E-state index in [0.717, 1.165) is 5.56 Å². The Kier molecular flexibility index (Phi) is 7.87. The van der Waals surface area contributed by atoms with Crippen LogP contribution in [0.1, 0.15) is 57.2 Å². The van der Waals surface area contributed by atoms with Crippen LogP contribution in [0, 0.1) is 30.6 Å². The van der Waals surface area contributed by atoms with Gasteiger partial charge in [-0.1, -0.05) is 36.8 Å². The van der Waals surface area contributed by atoms with Crippen LogP contribution in [-0.2, 0) is 35.1 Å². The summed E-state index contributed by atoms with van der Waals surface area (Å²) in [6.45, 7) is 4.78. The van der Waals surface area contributed by atoms with Crippen molar-refractivity contribution in [3.63, 3.8) is 0 Å². The lowest BCUT2D eigenvalue weighted by Gasteiger charge is -2.56. The Morgan fingerprint density at radius 2 is 1.71 bits per heavy atom. The van der Waals surface area contributed by atoms with Crippen molar-refractivity contribution in [3.05, 3.63) is 64.2 Å². The van der Waals surface area contributed by atoms with Gasteiger partial charge in [-0.25, -0.2) is 0 Å². The smallest absolute Gasteiger partial charge is 0.310 e. The van der Waals surface area contributed by atoms with E-state index < -0.39 is 94.5 Å². The molecule has 1 amide bonds. The molecule has 0 bridgehead atoms. The van der Waals surface area contributed by atoms with Gasteiger partial charge in [0, 0.05) is 11.5 Å². The summed E-state index contributed by atoms with van der Waals surface area (Å²) in [5.41, 5.74) is 3.87. The monoisotopic (exact) mass is 618 g/mol. The molecule has 2 unspecified atom stereocenters. The minimum absolute atomic E-state index is 0.174. The molecule has 0 aromatic heterocycles. The second kappa shape index (κ2) is 11.1. The highest BCUT2D eigenvalue weighted by atomic mass is 16.5. The number of phenolic OH excluding ortho intramolecular Hbond substituents is 1. The number of benzene rings is 2. The van der Waals surface area contributed by atoms with Gasteiger partial charge in [0.2, 0.25) is 5.91 Å². The standard InChI is InChI=1S/C33H34N2O10/c1-13-9-10-16(18(11-13)15(3)36)12-20(38)45-29-21-14(2)17-7-6-8-19(37)22(17)27(39)23(21)30(41)33(44)25(29)26(35(4)5)28(40)24(31(33)42)32(34)43/h6-11,14,21,23-26,29,37,44H,12H2,1-5H3,(H2,34,43)/t14-,21+,23?,24?,25+,26-,29-,33-/m1/s1. The van der Waals surface area contributed by atoms with E-state index in [1.54, 1.807) is 38.1 Å². The summed E-state index contributed by atoms with van der Waals surface area (Å²) in [6.07, 6.45) is -2.00. The number of aryl methyl sites for hydroxylation is 1. The number of Topliss-reactive ketones (excluding diaryl/α,β-unsaturated/α-hetero) is 5. The van der Waals surface area contributed by atoms with Crippen LogP contribution in [0.3, 0.4) is 0 Å². The molecule has 2 aromatic rings. The molecule has 5 rings (SSSR count). The molecule has 8 atom stereocenters. The zero-order valence-corrected chi connectivity index (χ0v) is 25.4. The fourth-order valence-corrected chi connectivity index (χ4v) is 7.59. The SMILES string of the molecule is CC(=O)c1cc(C)ccc1CC(=O)O[C@@H]1[C@@H]2C(C(=O)c3c(O)cccc3[C@H]2C)C(=O)[C@@]2(O)C(=O)C(C(N)=O)C(=O)[C@H](N(C)C)[C@@H]12. The van der Waals surface area contributed by atoms with Crippen LogP contribution in [0.25, 0.3) is 0 Å². The highest BCUT2D eigenvalue weighted by Crippen LogP contribution is 2.55. The average Bonchev–Trinajstić information content (AvgIpc) is 2.95. The Morgan fingerprint density at radius 3 is 2.31 bits per heavy atom. The fourth-order valence-electron chi connectivity index (χ4n) is 7.59. The maximum Gasteiger partial charge on any atom is 0.310 e. The first-order valence-electron chi connectivity index (χ1n) is 14.5. The van der Waals surface area contributed by atoms with Gasteiger partial charge >= 0.3 is 5.97 Å². The van der Waals surface area contributed by atoms with Crippen LogP contribution in [0.15, 0.2) is 36.4 Å². The molecule has 0 heterocycles. The fraction of sp³-hybridized carbons (Fsp3) is 0.424. The topological polar surface area (TPSA) is 198 Å². The Labute approximate surface area is 258 Å². The molecule has 3 aliphatic carbocycles. The molecular formula is C33H34N2O10. The van der Waals surface area contributed by atoms with Gasteiger partial charge in [-0.15, -0.1) is 0 Å². The van der Waals surface area contributed by atoms with Crippen molar-refractivity contribution in [1.29, 1.82) is 0 Å². The summed E-state index contributed by atoms with van der Waals surface area (Å²) in [6, 6.07) is 7.76. The molecule has 4 N–H and O–H groups in total. The number of ketones is 5. The number of esters is 1. The highest BCUT2D eigenvalue weighted by Gasteiger charge is 2.74. The molecule has 45 heavy (non-hydrogen) atoms. The minimum atomic E-state index is -3.12. The van der Waals surface area contributed by atoms with Crippen molar-refractivity contribution in [2.24, 2.45) is 29.4 Å². The molecule has 236 valence electrons. The van der Waals surface area contributed by atoms with Gasteiger partial charge in [-0.2, -0.15) is 0 Å². The molecule has 3 aliphatic rings. The van der Waals surface area contributed by atoms with Crippen LogP contribution < -0.4 is 5.73 Å². The number of likely N-dealkylation sites (N-methyl/N-ethyl adjacent to an activating group) is 1. The number of aromatic hydroxyl groups is 1. The van der Waals surface area contributed by atoms with Crippen molar-refractivity contribution in [1.82, 2.24) is 4.90 Å². The molecular weight excluding hydrogens is 584 g/mol. The molecule has 0 aliphatic heterocycles. The maximum absolute atomic E-state index is 14.3. The number of phenols is 1. The zero-order valence-electron chi connectivity index (χ0n) is 25.4. The number of rotatable bonds is 6. The second-order valence-electron chi connectivity index (χ2n) is 12.5. The van der Waals surface area contributed by atoms with Gasteiger partial charge in [0.1, 0.15) is 11.9 Å². The first-order valence-corrected chi connectivity index (χ1v) is 14.5. The van der Waals surface area contributed by atoms with Crippen molar-refractivity contribution in [3.8, 4) is 5.75 Å². The Balaban J connectivity index is 1.71. The van der Waals surface area contributed by atoms with Crippen LogP contribution in [-0.4, -0.2) is 87.7 Å². The number of fused-ring (bicyclic) bond motifs is 3. The van der Waals surface area contributed by atoms with Gasteiger partial charge in [0.05, 0.1) is 29.9 Å². The molecule has 0 saturated heterocycles. The van der Waals surface area contributed by atoms with Crippen molar-refractivity contribution >= 4 is 40.8 Å². The normalized spacial score (nSPS) is 30.8. The number of primary amides is 1. The third-order valence-corrected chi connectivity index (χ3v) is 9.57. The molecule has 2 saturated carbocycles. The quantitative estimate of drug-likeness (QED) is 0.234. The molecule has 2 aromatic carbocycles. The number of aliphatic hydroxyl groups is 1. The molecule has 12 nitrogen and oxygen atoms in total. The van der Waals surface area contributed by atoms with E-state index in [0.29, 0.717) is 11.1 Å². The summed E-state index contributed by atoms with van der Waals surface area (Å²) in [4.78, 5) is 95.5. The molecule has 0 radical (unpaired) electrons. The average molecular weight is 619 g/mol. The van der Waals surface area contributed by atoms with E-state index in [4.69, 9.17) is 10.5 Å².